The molecule has 0 aliphatic rings. The van der Waals surface area contributed by atoms with Crippen LogP contribution in [0.25, 0.3) is 0 Å². The Morgan fingerprint density at radius 2 is 2.00 bits per heavy atom. The zero-order valence-corrected chi connectivity index (χ0v) is 10.5. The maximum atomic E-state index is 11.1. The summed E-state index contributed by atoms with van der Waals surface area (Å²) in [5.74, 6) is 0. The van der Waals surface area contributed by atoms with Crippen molar-refractivity contribution in [2.75, 3.05) is 0 Å². The van der Waals surface area contributed by atoms with Gasteiger partial charge in [-0.1, -0.05) is 0 Å². The molecule has 1 aromatic rings. The van der Waals surface area contributed by atoms with Crippen LogP contribution in [0.1, 0.15) is 10.4 Å². The first-order valence-corrected chi connectivity index (χ1v) is 6.76. The van der Waals surface area contributed by atoms with Crippen molar-refractivity contribution >= 4 is 47.6 Å². The minimum absolute atomic E-state index is 0.00340. The normalized spacial score (nSPS) is 11.1. The summed E-state index contributed by atoms with van der Waals surface area (Å²) in [4.78, 5) is 19.9. The second kappa shape index (κ2) is 4.48. The lowest BCUT2D eigenvalue weighted by molar-refractivity contribution is -0.386. The number of nitro groups is 1. The summed E-state index contributed by atoms with van der Waals surface area (Å²) in [6, 6.07) is 2.16. The molecule has 86 valence electrons. The molecule has 0 atom stereocenters. The number of aldehydes is 1. The minimum Gasteiger partial charge on any atom is -0.298 e. The van der Waals surface area contributed by atoms with Crippen LogP contribution in [0.4, 0.5) is 5.69 Å². The Bertz CT molecular complexity index is 570. The molecule has 0 saturated carbocycles. The molecular formula is C7H3BrClNO5S. The van der Waals surface area contributed by atoms with Gasteiger partial charge in [0, 0.05) is 10.7 Å². The van der Waals surface area contributed by atoms with E-state index in [1.807, 2.05) is 0 Å². The highest BCUT2D eigenvalue weighted by molar-refractivity contribution is 9.10. The van der Waals surface area contributed by atoms with Crippen molar-refractivity contribution in [3.8, 4) is 0 Å². The first-order chi connectivity index (χ1) is 7.29. The third-order valence-corrected chi connectivity index (χ3v) is 3.71. The van der Waals surface area contributed by atoms with Crippen LogP contribution in [0.15, 0.2) is 21.5 Å². The number of nitrogens with zero attached hydrogens (tertiary/aromatic N) is 1. The van der Waals surface area contributed by atoms with Crippen molar-refractivity contribution in [1.82, 2.24) is 0 Å². The summed E-state index contributed by atoms with van der Waals surface area (Å²) in [6.45, 7) is 0. The smallest absolute Gasteiger partial charge is 0.295 e. The molecular weight excluding hydrogens is 326 g/mol. The molecule has 16 heavy (non-hydrogen) atoms. The Balaban J connectivity index is 3.76. The number of carbonyl (C=O) groups excluding carboxylic acids is 1. The van der Waals surface area contributed by atoms with Gasteiger partial charge < -0.3 is 0 Å². The summed E-state index contributed by atoms with van der Waals surface area (Å²) in [7, 11) is 0.844. The van der Waals surface area contributed by atoms with Gasteiger partial charge in [-0.2, -0.15) is 0 Å². The zero-order valence-electron chi connectivity index (χ0n) is 7.38. The fraction of sp³-hybridized carbons (Fsp3) is 0. The Morgan fingerprint density at radius 3 is 2.38 bits per heavy atom. The van der Waals surface area contributed by atoms with Gasteiger partial charge in [0.25, 0.3) is 14.7 Å². The molecule has 0 bridgehead atoms. The van der Waals surface area contributed by atoms with Gasteiger partial charge in [0.15, 0.2) is 6.29 Å². The predicted molar refractivity (Wildman–Crippen MR) is 59.2 cm³/mol. The van der Waals surface area contributed by atoms with Crippen molar-refractivity contribution in [3.05, 3.63) is 32.3 Å². The van der Waals surface area contributed by atoms with E-state index in [2.05, 4.69) is 15.9 Å². The summed E-state index contributed by atoms with van der Waals surface area (Å²) in [5.41, 5.74) is -1.20. The first-order valence-electron chi connectivity index (χ1n) is 3.65. The highest BCUT2D eigenvalue weighted by atomic mass is 79.9. The van der Waals surface area contributed by atoms with Crippen LogP contribution in [-0.2, 0) is 9.05 Å². The summed E-state index contributed by atoms with van der Waals surface area (Å²) in [6.07, 6.45) is 0.0815. The Kier molecular flexibility index (Phi) is 3.66. The topological polar surface area (TPSA) is 94.3 Å². The highest BCUT2D eigenvalue weighted by Crippen LogP contribution is 2.33. The van der Waals surface area contributed by atoms with Crippen LogP contribution in [0.3, 0.4) is 0 Å². The van der Waals surface area contributed by atoms with Gasteiger partial charge in [0.1, 0.15) is 5.56 Å². The summed E-state index contributed by atoms with van der Waals surface area (Å²) in [5, 5.41) is 10.7. The van der Waals surface area contributed by atoms with Crippen molar-refractivity contribution in [1.29, 1.82) is 0 Å². The molecule has 9 heteroatoms. The van der Waals surface area contributed by atoms with E-state index in [4.69, 9.17) is 10.7 Å². The molecule has 0 spiro atoms. The van der Waals surface area contributed by atoms with Gasteiger partial charge in [-0.3, -0.25) is 14.9 Å². The van der Waals surface area contributed by atoms with Gasteiger partial charge >= 0.3 is 0 Å². The van der Waals surface area contributed by atoms with E-state index >= 15 is 0 Å². The number of carbonyl (C=O) groups is 1. The van der Waals surface area contributed by atoms with E-state index in [0.29, 0.717) is 0 Å². The van der Waals surface area contributed by atoms with Crippen molar-refractivity contribution in [2.45, 2.75) is 4.90 Å². The molecule has 0 unspecified atom stereocenters. The monoisotopic (exact) mass is 327 g/mol. The highest BCUT2D eigenvalue weighted by Gasteiger charge is 2.26. The predicted octanol–water partition coefficient (Wildman–Crippen LogP) is 2.10. The Morgan fingerprint density at radius 1 is 1.44 bits per heavy atom. The lowest BCUT2D eigenvalue weighted by Gasteiger charge is -2.03. The molecule has 0 radical (unpaired) electrons. The third-order valence-electron chi connectivity index (χ3n) is 1.69. The van der Waals surface area contributed by atoms with Gasteiger partial charge in [-0.15, -0.1) is 0 Å². The number of halogens is 2. The molecule has 0 saturated heterocycles. The molecule has 1 aromatic carbocycles. The number of hydrogen-bond donors (Lipinski definition) is 0. The Labute approximate surface area is 103 Å². The molecule has 0 N–H and O–H groups in total. The number of nitro benzene ring substituents is 1. The maximum absolute atomic E-state index is 11.1. The van der Waals surface area contributed by atoms with Crippen LogP contribution in [0.5, 0.6) is 0 Å². The number of benzene rings is 1. The number of rotatable bonds is 3. The maximum Gasteiger partial charge on any atom is 0.295 e. The molecule has 0 fully saturated rings. The zero-order chi connectivity index (χ0) is 12.5. The molecule has 0 aliphatic heterocycles. The minimum atomic E-state index is -4.20. The molecule has 6 nitrogen and oxygen atoms in total. The van der Waals surface area contributed by atoms with Crippen LogP contribution in [-0.4, -0.2) is 19.6 Å². The fourth-order valence-corrected chi connectivity index (χ4v) is 2.61. The largest absolute Gasteiger partial charge is 0.298 e. The third kappa shape index (κ3) is 2.39. The molecule has 1 rings (SSSR count). The molecule has 0 amide bonds. The van der Waals surface area contributed by atoms with E-state index in [1.165, 1.54) is 0 Å². The van der Waals surface area contributed by atoms with Crippen LogP contribution < -0.4 is 0 Å². The second-order valence-corrected chi connectivity index (χ2v) is 6.01. The van der Waals surface area contributed by atoms with Gasteiger partial charge in [-0.05, 0) is 28.1 Å². The van der Waals surface area contributed by atoms with Crippen LogP contribution >= 0.6 is 26.6 Å². The van der Waals surface area contributed by atoms with E-state index < -0.39 is 30.1 Å². The standard InChI is InChI=1S/C7H3BrClNO5S/c8-5-1-2-6(16(9,14)15)4(3-11)7(5)10(12)13/h1-3H. The van der Waals surface area contributed by atoms with Gasteiger partial charge in [0.05, 0.1) is 14.3 Å². The first kappa shape index (κ1) is 13.1. The van der Waals surface area contributed by atoms with E-state index in [9.17, 15) is 23.3 Å². The number of hydrogen-bond acceptors (Lipinski definition) is 5. The van der Waals surface area contributed by atoms with Crippen LogP contribution in [0.2, 0.25) is 0 Å². The van der Waals surface area contributed by atoms with Crippen molar-refractivity contribution < 1.29 is 18.1 Å². The molecule has 0 aromatic heterocycles. The molecule has 0 heterocycles. The second-order valence-electron chi connectivity index (χ2n) is 2.62. The lowest BCUT2D eigenvalue weighted by Crippen LogP contribution is -2.03. The average Bonchev–Trinajstić information content (AvgIpc) is 2.14. The molecule has 0 aliphatic carbocycles. The fourth-order valence-electron chi connectivity index (χ4n) is 1.07. The van der Waals surface area contributed by atoms with E-state index in [0.717, 1.165) is 12.1 Å². The van der Waals surface area contributed by atoms with Gasteiger partial charge in [0.2, 0.25) is 0 Å². The van der Waals surface area contributed by atoms with Gasteiger partial charge in [-0.25, -0.2) is 8.42 Å². The van der Waals surface area contributed by atoms with E-state index in [1.54, 1.807) is 0 Å². The summed E-state index contributed by atoms with van der Waals surface area (Å²) < 4.78 is 22.1. The van der Waals surface area contributed by atoms with E-state index in [-0.39, 0.29) is 10.8 Å². The lowest BCUT2D eigenvalue weighted by atomic mass is 10.2. The van der Waals surface area contributed by atoms with Crippen LogP contribution in [0, 0.1) is 10.1 Å². The SMILES string of the molecule is O=Cc1c(S(=O)(=O)Cl)ccc(Br)c1[N+](=O)[O-]. The average molecular weight is 329 g/mol. The quantitative estimate of drug-likeness (QED) is 0.366. The van der Waals surface area contributed by atoms with Crippen molar-refractivity contribution in [3.63, 3.8) is 0 Å². The van der Waals surface area contributed by atoms with Crippen molar-refractivity contribution in [2.24, 2.45) is 0 Å². The Hall–Kier alpha value is -0.990. The summed E-state index contributed by atoms with van der Waals surface area (Å²) >= 11 is 2.85.